The maximum Gasteiger partial charge on any atom is 0.290 e. The molecule has 1 unspecified atom stereocenters. The van der Waals surface area contributed by atoms with Gasteiger partial charge in [0.1, 0.15) is 6.04 Å². The van der Waals surface area contributed by atoms with Gasteiger partial charge in [0.25, 0.3) is 11.6 Å². The quantitative estimate of drug-likeness (QED) is 0.389. The van der Waals surface area contributed by atoms with Crippen LogP contribution in [0.25, 0.3) is 0 Å². The molecule has 0 fully saturated rings. The summed E-state index contributed by atoms with van der Waals surface area (Å²) in [5, 5.41) is 14.4. The summed E-state index contributed by atoms with van der Waals surface area (Å²) in [6, 6.07) is 12.9. The van der Waals surface area contributed by atoms with Crippen molar-refractivity contribution in [3.05, 3.63) is 87.4 Å². The Labute approximate surface area is 201 Å². The molecule has 10 nitrogen and oxygen atoms in total. The molecule has 10 heteroatoms. The van der Waals surface area contributed by atoms with Crippen LogP contribution in [-0.4, -0.2) is 48.4 Å². The first-order chi connectivity index (χ1) is 16.9. The summed E-state index contributed by atoms with van der Waals surface area (Å²) in [7, 11) is 2.85. The minimum Gasteiger partial charge on any atom is -0.493 e. The van der Waals surface area contributed by atoms with E-state index in [-0.39, 0.29) is 48.5 Å². The minimum atomic E-state index is -0.747. The van der Waals surface area contributed by atoms with Crippen LogP contribution in [0.15, 0.2) is 59.2 Å². The maximum atomic E-state index is 13.2. The summed E-state index contributed by atoms with van der Waals surface area (Å²) < 4.78 is 15.7. The maximum absolute atomic E-state index is 13.2. The standard InChI is InChI=1S/C25H25N3O7/c1-33-22-13-17(19(28(31)32)14-23(22)34-2)9-10-26-24(29)20-12-16-6-3-4-7-18(16)15-27(20)25(30)21-8-5-11-35-21/h3-8,11,13-14,20H,9-10,12,15H2,1-2H3,(H,26,29). The lowest BCUT2D eigenvalue weighted by atomic mass is 9.93. The molecule has 1 atom stereocenters. The number of hydrogen-bond donors (Lipinski definition) is 1. The van der Waals surface area contributed by atoms with Crippen molar-refractivity contribution in [2.75, 3.05) is 20.8 Å². The van der Waals surface area contributed by atoms with E-state index in [0.29, 0.717) is 17.7 Å². The van der Waals surface area contributed by atoms with Gasteiger partial charge in [0.15, 0.2) is 17.3 Å². The Hall–Kier alpha value is -4.34. The van der Waals surface area contributed by atoms with Crippen LogP contribution in [0, 0.1) is 10.1 Å². The number of carbonyl (C=O) groups excluding carboxylic acids is 2. The lowest BCUT2D eigenvalue weighted by Gasteiger charge is -2.35. The van der Waals surface area contributed by atoms with Gasteiger partial charge in [-0.05, 0) is 35.7 Å². The van der Waals surface area contributed by atoms with Crippen LogP contribution >= 0.6 is 0 Å². The predicted molar refractivity (Wildman–Crippen MR) is 125 cm³/mol. The molecular weight excluding hydrogens is 454 g/mol. The summed E-state index contributed by atoms with van der Waals surface area (Å²) in [4.78, 5) is 38.8. The fourth-order valence-electron chi connectivity index (χ4n) is 4.23. The number of fused-ring (bicyclic) bond motifs is 1. The van der Waals surface area contributed by atoms with Gasteiger partial charge in [-0.1, -0.05) is 24.3 Å². The Kier molecular flexibility index (Phi) is 7.00. The zero-order valence-electron chi connectivity index (χ0n) is 19.4. The van der Waals surface area contributed by atoms with Crippen molar-refractivity contribution in [3.8, 4) is 11.5 Å². The molecule has 35 heavy (non-hydrogen) atoms. The fourth-order valence-corrected chi connectivity index (χ4v) is 4.23. The van der Waals surface area contributed by atoms with Gasteiger partial charge in [0.2, 0.25) is 5.91 Å². The van der Waals surface area contributed by atoms with Gasteiger partial charge in [-0.3, -0.25) is 19.7 Å². The molecule has 182 valence electrons. The summed E-state index contributed by atoms with van der Waals surface area (Å²) >= 11 is 0. The SMILES string of the molecule is COc1cc(CCNC(=O)C2Cc3ccccc3CN2C(=O)c2ccco2)c([N+](=O)[O-])cc1OC. The van der Waals surface area contributed by atoms with Crippen molar-refractivity contribution in [2.45, 2.75) is 25.4 Å². The third-order valence-corrected chi connectivity index (χ3v) is 6.02. The average molecular weight is 479 g/mol. The molecule has 4 rings (SSSR count). The van der Waals surface area contributed by atoms with E-state index in [1.54, 1.807) is 12.1 Å². The normalized spacial score (nSPS) is 14.7. The van der Waals surface area contributed by atoms with Crippen LogP contribution < -0.4 is 14.8 Å². The van der Waals surface area contributed by atoms with E-state index in [4.69, 9.17) is 13.9 Å². The third-order valence-electron chi connectivity index (χ3n) is 6.02. The summed E-state index contributed by atoms with van der Waals surface area (Å²) in [5.41, 5.74) is 2.23. The molecule has 0 aliphatic carbocycles. The molecule has 1 N–H and O–H groups in total. The van der Waals surface area contributed by atoms with Gasteiger partial charge in [0, 0.05) is 25.1 Å². The number of ether oxygens (including phenoxy) is 2. The molecule has 0 bridgehead atoms. The molecule has 2 amide bonds. The highest BCUT2D eigenvalue weighted by atomic mass is 16.6. The second-order valence-electron chi connectivity index (χ2n) is 8.03. The van der Waals surface area contributed by atoms with E-state index in [1.807, 2.05) is 24.3 Å². The Balaban J connectivity index is 1.51. The zero-order valence-corrected chi connectivity index (χ0v) is 19.4. The van der Waals surface area contributed by atoms with Crippen molar-refractivity contribution in [3.63, 3.8) is 0 Å². The number of hydrogen-bond acceptors (Lipinski definition) is 7. The van der Waals surface area contributed by atoms with E-state index < -0.39 is 11.0 Å². The number of carbonyl (C=O) groups is 2. The van der Waals surface area contributed by atoms with Gasteiger partial charge in [0.05, 0.1) is 31.5 Å². The largest absolute Gasteiger partial charge is 0.493 e. The van der Waals surface area contributed by atoms with Crippen LogP contribution in [0.4, 0.5) is 5.69 Å². The molecule has 2 aromatic carbocycles. The van der Waals surface area contributed by atoms with Gasteiger partial charge in [-0.2, -0.15) is 0 Å². The molecule has 1 aliphatic rings. The smallest absolute Gasteiger partial charge is 0.290 e. The number of amides is 2. The Morgan fingerprint density at radius 3 is 2.49 bits per heavy atom. The topological polar surface area (TPSA) is 124 Å². The average Bonchev–Trinajstić information content (AvgIpc) is 3.42. The number of nitro groups is 1. The summed E-state index contributed by atoms with van der Waals surface area (Å²) in [6.45, 7) is 0.408. The van der Waals surface area contributed by atoms with Crippen LogP contribution in [0.3, 0.4) is 0 Å². The lowest BCUT2D eigenvalue weighted by Crippen LogP contribution is -2.52. The van der Waals surface area contributed by atoms with Crippen molar-refractivity contribution < 1.29 is 28.4 Å². The Morgan fingerprint density at radius 1 is 1.11 bits per heavy atom. The Bertz CT molecular complexity index is 1240. The predicted octanol–water partition coefficient (Wildman–Crippen LogP) is 3.13. The first kappa shape index (κ1) is 23.8. The number of nitrogens with zero attached hydrogens (tertiary/aromatic N) is 2. The number of nitrogens with one attached hydrogen (secondary N) is 1. The third kappa shape index (κ3) is 4.96. The van der Waals surface area contributed by atoms with Crippen molar-refractivity contribution in [1.82, 2.24) is 10.2 Å². The van der Waals surface area contributed by atoms with E-state index in [9.17, 15) is 19.7 Å². The molecule has 0 saturated carbocycles. The first-order valence-electron chi connectivity index (χ1n) is 11.0. The number of rotatable bonds is 8. The molecule has 0 saturated heterocycles. The van der Waals surface area contributed by atoms with Gasteiger partial charge >= 0.3 is 0 Å². The van der Waals surface area contributed by atoms with E-state index in [2.05, 4.69) is 5.32 Å². The van der Waals surface area contributed by atoms with Crippen LogP contribution in [-0.2, 0) is 24.2 Å². The van der Waals surface area contributed by atoms with Crippen LogP contribution in [0.1, 0.15) is 27.2 Å². The van der Waals surface area contributed by atoms with Gasteiger partial charge in [-0.25, -0.2) is 0 Å². The van der Waals surface area contributed by atoms with Crippen molar-refractivity contribution in [1.29, 1.82) is 0 Å². The number of benzene rings is 2. The Morgan fingerprint density at radius 2 is 1.83 bits per heavy atom. The highest BCUT2D eigenvalue weighted by Crippen LogP contribution is 2.34. The van der Waals surface area contributed by atoms with E-state index in [1.165, 1.54) is 37.5 Å². The number of methoxy groups -OCH3 is 2. The highest BCUT2D eigenvalue weighted by molar-refractivity contribution is 5.96. The van der Waals surface area contributed by atoms with E-state index >= 15 is 0 Å². The number of furan rings is 1. The minimum absolute atomic E-state index is 0.127. The van der Waals surface area contributed by atoms with Gasteiger partial charge in [-0.15, -0.1) is 0 Å². The second-order valence-corrected chi connectivity index (χ2v) is 8.03. The molecule has 2 heterocycles. The van der Waals surface area contributed by atoms with Crippen LogP contribution in [0.2, 0.25) is 0 Å². The summed E-state index contributed by atoms with van der Waals surface area (Å²) in [5.74, 6) is 0.0457. The van der Waals surface area contributed by atoms with Gasteiger partial charge < -0.3 is 24.1 Å². The van der Waals surface area contributed by atoms with Crippen LogP contribution in [0.5, 0.6) is 11.5 Å². The monoisotopic (exact) mass is 479 g/mol. The summed E-state index contributed by atoms with van der Waals surface area (Å²) in [6.07, 6.45) is 1.96. The molecule has 0 spiro atoms. The van der Waals surface area contributed by atoms with Crippen molar-refractivity contribution in [2.24, 2.45) is 0 Å². The van der Waals surface area contributed by atoms with Crippen molar-refractivity contribution >= 4 is 17.5 Å². The molecule has 0 radical (unpaired) electrons. The first-order valence-corrected chi connectivity index (χ1v) is 11.0. The molecule has 1 aromatic heterocycles. The lowest BCUT2D eigenvalue weighted by molar-refractivity contribution is -0.385. The molecule has 3 aromatic rings. The second kappa shape index (κ2) is 10.3. The highest BCUT2D eigenvalue weighted by Gasteiger charge is 2.35. The van der Waals surface area contributed by atoms with E-state index in [0.717, 1.165) is 11.1 Å². The number of nitro benzene ring substituents is 1. The molecular formula is C25H25N3O7. The molecule has 1 aliphatic heterocycles. The fraction of sp³-hybridized carbons (Fsp3) is 0.280. The zero-order chi connectivity index (χ0) is 24.9.